The maximum absolute atomic E-state index is 5.69. The van der Waals surface area contributed by atoms with Crippen LogP contribution in [0.5, 0.6) is 0 Å². The minimum Gasteiger partial charge on any atom is -0.454 e. The molecule has 0 spiro atoms. The predicted molar refractivity (Wildman–Crippen MR) is 68.7 cm³/mol. The number of furan rings is 1. The molecule has 0 amide bonds. The molecule has 6 nitrogen and oxygen atoms in total. The van der Waals surface area contributed by atoms with Gasteiger partial charge in [0.05, 0.1) is 13.2 Å². The zero-order chi connectivity index (χ0) is 13.2. The smallest absolute Gasteiger partial charge is 0.217 e. The Kier molecular flexibility index (Phi) is 3.18. The third kappa shape index (κ3) is 2.45. The lowest BCUT2D eigenvalue weighted by molar-refractivity contribution is -0.0585. The molecule has 2 aromatic rings. The minimum absolute atomic E-state index is 0.400. The molecule has 0 aliphatic carbocycles. The summed E-state index contributed by atoms with van der Waals surface area (Å²) in [7, 11) is 3.84. The van der Waals surface area contributed by atoms with E-state index in [-0.39, 0.29) is 0 Å². The molecule has 0 bridgehead atoms. The van der Waals surface area contributed by atoms with E-state index in [1.165, 1.54) is 0 Å². The Bertz CT molecular complexity index is 545. The van der Waals surface area contributed by atoms with Gasteiger partial charge in [-0.3, -0.25) is 0 Å². The Labute approximate surface area is 110 Å². The molecule has 0 saturated carbocycles. The van der Waals surface area contributed by atoms with Gasteiger partial charge in [0.25, 0.3) is 0 Å². The van der Waals surface area contributed by atoms with Crippen LogP contribution in [0.2, 0.25) is 0 Å². The zero-order valence-electron chi connectivity index (χ0n) is 10.9. The lowest BCUT2D eigenvalue weighted by Gasteiger charge is -2.09. The van der Waals surface area contributed by atoms with Crippen molar-refractivity contribution in [2.75, 3.05) is 32.2 Å². The number of hydrogen-bond acceptors (Lipinski definition) is 6. The van der Waals surface area contributed by atoms with Crippen molar-refractivity contribution in [2.45, 2.75) is 6.29 Å². The molecular formula is C13H15N3O3. The maximum Gasteiger partial charge on any atom is 0.217 e. The molecule has 0 aromatic carbocycles. The van der Waals surface area contributed by atoms with Crippen LogP contribution in [-0.2, 0) is 9.47 Å². The van der Waals surface area contributed by atoms with Crippen LogP contribution in [0.3, 0.4) is 0 Å². The van der Waals surface area contributed by atoms with E-state index in [2.05, 4.69) is 10.2 Å². The van der Waals surface area contributed by atoms with Gasteiger partial charge in [-0.1, -0.05) is 0 Å². The van der Waals surface area contributed by atoms with Gasteiger partial charge >= 0.3 is 0 Å². The van der Waals surface area contributed by atoms with E-state index in [0.717, 1.165) is 5.82 Å². The monoisotopic (exact) mass is 261 g/mol. The van der Waals surface area contributed by atoms with Crippen LogP contribution in [0.1, 0.15) is 12.1 Å². The predicted octanol–water partition coefficient (Wildman–Crippen LogP) is 1.85. The molecule has 1 fully saturated rings. The van der Waals surface area contributed by atoms with Crippen LogP contribution >= 0.6 is 0 Å². The van der Waals surface area contributed by atoms with Crippen molar-refractivity contribution >= 4 is 5.82 Å². The van der Waals surface area contributed by atoms with Crippen molar-refractivity contribution in [3.05, 3.63) is 30.0 Å². The molecule has 3 rings (SSSR count). The van der Waals surface area contributed by atoms with Gasteiger partial charge < -0.3 is 18.8 Å². The second kappa shape index (κ2) is 4.99. The molecule has 1 saturated heterocycles. The van der Waals surface area contributed by atoms with Gasteiger partial charge in [-0.15, -0.1) is 10.2 Å². The summed E-state index contributed by atoms with van der Waals surface area (Å²) in [5.74, 6) is 2.12. The van der Waals surface area contributed by atoms with Crippen LogP contribution in [0, 0.1) is 0 Å². The molecule has 0 unspecified atom stereocenters. The molecule has 3 heterocycles. The van der Waals surface area contributed by atoms with E-state index in [0.29, 0.717) is 30.4 Å². The van der Waals surface area contributed by atoms with Gasteiger partial charge in [0.1, 0.15) is 5.69 Å². The van der Waals surface area contributed by atoms with Crippen molar-refractivity contribution in [1.82, 2.24) is 10.2 Å². The average Bonchev–Trinajstić information content (AvgIpc) is 3.10. The number of anilines is 1. The number of ether oxygens (including phenoxy) is 2. The Morgan fingerprint density at radius 3 is 2.47 bits per heavy atom. The SMILES string of the molecule is CN(C)c1ccc(-c2ccc(C3OCCO3)o2)nn1. The first-order chi connectivity index (χ1) is 9.24. The molecule has 6 heteroatoms. The van der Waals surface area contributed by atoms with Crippen LogP contribution in [-0.4, -0.2) is 37.5 Å². The molecule has 1 aliphatic heterocycles. The van der Waals surface area contributed by atoms with Gasteiger partial charge in [-0.05, 0) is 24.3 Å². The summed E-state index contributed by atoms with van der Waals surface area (Å²) in [6.45, 7) is 1.19. The van der Waals surface area contributed by atoms with Crippen molar-refractivity contribution in [3.63, 3.8) is 0 Å². The van der Waals surface area contributed by atoms with E-state index >= 15 is 0 Å². The Balaban J connectivity index is 1.81. The highest BCUT2D eigenvalue weighted by Gasteiger charge is 2.22. The fourth-order valence-electron chi connectivity index (χ4n) is 1.84. The zero-order valence-corrected chi connectivity index (χ0v) is 10.9. The van der Waals surface area contributed by atoms with Gasteiger partial charge in [-0.2, -0.15) is 0 Å². The van der Waals surface area contributed by atoms with Crippen LogP contribution in [0.4, 0.5) is 5.82 Å². The molecule has 19 heavy (non-hydrogen) atoms. The molecule has 1 aliphatic rings. The van der Waals surface area contributed by atoms with E-state index in [9.17, 15) is 0 Å². The quantitative estimate of drug-likeness (QED) is 0.840. The number of rotatable bonds is 3. The average molecular weight is 261 g/mol. The van der Waals surface area contributed by atoms with Gasteiger partial charge in [0.2, 0.25) is 6.29 Å². The number of hydrogen-bond donors (Lipinski definition) is 0. The molecule has 0 radical (unpaired) electrons. The van der Waals surface area contributed by atoms with Crippen LogP contribution < -0.4 is 4.90 Å². The van der Waals surface area contributed by atoms with Gasteiger partial charge in [0, 0.05) is 14.1 Å². The lowest BCUT2D eigenvalue weighted by atomic mass is 10.3. The normalized spacial score (nSPS) is 15.9. The summed E-state index contributed by atoms with van der Waals surface area (Å²) in [6.07, 6.45) is -0.400. The third-order valence-corrected chi connectivity index (χ3v) is 2.84. The molecular weight excluding hydrogens is 246 g/mol. The fraction of sp³-hybridized carbons (Fsp3) is 0.385. The first-order valence-electron chi connectivity index (χ1n) is 6.08. The number of aromatic nitrogens is 2. The van der Waals surface area contributed by atoms with E-state index in [4.69, 9.17) is 13.9 Å². The standard InChI is InChI=1S/C13H15N3O3/c1-16(2)12-6-3-9(14-15-12)10-4-5-11(19-10)13-17-7-8-18-13/h3-6,13H,7-8H2,1-2H3. The van der Waals surface area contributed by atoms with Gasteiger partial charge in [-0.25, -0.2) is 0 Å². The van der Waals surface area contributed by atoms with Crippen molar-refractivity contribution in [1.29, 1.82) is 0 Å². The highest BCUT2D eigenvalue weighted by Crippen LogP contribution is 2.28. The molecule has 0 atom stereocenters. The van der Waals surface area contributed by atoms with Crippen molar-refractivity contribution in [2.24, 2.45) is 0 Å². The maximum atomic E-state index is 5.69. The highest BCUT2D eigenvalue weighted by atomic mass is 16.7. The van der Waals surface area contributed by atoms with E-state index in [1.54, 1.807) is 0 Å². The Hall–Kier alpha value is -1.92. The molecule has 2 aromatic heterocycles. The summed E-state index contributed by atoms with van der Waals surface area (Å²) in [6, 6.07) is 7.46. The molecule has 0 N–H and O–H groups in total. The second-order valence-corrected chi connectivity index (χ2v) is 4.45. The summed E-state index contributed by atoms with van der Waals surface area (Å²) < 4.78 is 16.4. The highest BCUT2D eigenvalue weighted by molar-refractivity contribution is 5.53. The van der Waals surface area contributed by atoms with E-state index < -0.39 is 6.29 Å². The second-order valence-electron chi connectivity index (χ2n) is 4.45. The molecule has 100 valence electrons. The van der Waals surface area contributed by atoms with Crippen molar-refractivity contribution in [3.8, 4) is 11.5 Å². The largest absolute Gasteiger partial charge is 0.454 e. The topological polar surface area (TPSA) is 60.6 Å². The summed E-state index contributed by atoms with van der Waals surface area (Å²) in [5, 5.41) is 8.26. The lowest BCUT2D eigenvalue weighted by Crippen LogP contribution is -2.11. The summed E-state index contributed by atoms with van der Waals surface area (Å²) >= 11 is 0. The summed E-state index contributed by atoms with van der Waals surface area (Å²) in [4.78, 5) is 1.89. The summed E-state index contributed by atoms with van der Waals surface area (Å²) in [5.41, 5.74) is 0.690. The van der Waals surface area contributed by atoms with Gasteiger partial charge in [0.15, 0.2) is 17.3 Å². The van der Waals surface area contributed by atoms with Crippen LogP contribution in [0.15, 0.2) is 28.7 Å². The Morgan fingerprint density at radius 1 is 1.05 bits per heavy atom. The Morgan fingerprint density at radius 2 is 1.84 bits per heavy atom. The van der Waals surface area contributed by atoms with E-state index in [1.807, 2.05) is 43.3 Å². The third-order valence-electron chi connectivity index (χ3n) is 2.84. The first-order valence-corrected chi connectivity index (χ1v) is 6.08. The number of nitrogens with zero attached hydrogens (tertiary/aromatic N) is 3. The first kappa shape index (κ1) is 12.1. The minimum atomic E-state index is -0.400. The fourth-order valence-corrected chi connectivity index (χ4v) is 1.84. The van der Waals surface area contributed by atoms with Crippen molar-refractivity contribution < 1.29 is 13.9 Å². The van der Waals surface area contributed by atoms with Crippen LogP contribution in [0.25, 0.3) is 11.5 Å².